The first-order valence-electron chi connectivity index (χ1n) is 11.5. The lowest BCUT2D eigenvalue weighted by atomic mass is 10.1. The van der Waals surface area contributed by atoms with Crippen LogP contribution in [-0.2, 0) is 0 Å². The minimum absolute atomic E-state index is 0. The Morgan fingerprint density at radius 2 is 0.750 bits per heavy atom. The average molecular weight is 480 g/mol. The fourth-order valence-electron chi connectivity index (χ4n) is 3.44. The average Bonchev–Trinajstić information content (AvgIpc) is 2.80. The number of benzene rings is 2. The van der Waals surface area contributed by atoms with Gasteiger partial charge in [0, 0.05) is 24.2 Å². The van der Waals surface area contributed by atoms with E-state index in [1.165, 1.54) is 51.4 Å². The number of hydrogen-bond acceptors (Lipinski definition) is 2. The normalized spacial score (nSPS) is 11.5. The summed E-state index contributed by atoms with van der Waals surface area (Å²) in [5.74, 6) is 1.31. The first-order valence-corrected chi connectivity index (χ1v) is 11.5. The van der Waals surface area contributed by atoms with Gasteiger partial charge in [0.1, 0.15) is 11.7 Å². The Bertz CT molecular complexity index is 683. The fourth-order valence-corrected chi connectivity index (χ4v) is 3.44. The van der Waals surface area contributed by atoms with Gasteiger partial charge in [-0.15, -0.1) is 24.8 Å². The summed E-state index contributed by atoms with van der Waals surface area (Å²) in [6.45, 7) is 1.66. The van der Waals surface area contributed by atoms with Crippen molar-refractivity contribution in [2.24, 2.45) is 21.5 Å². The molecule has 0 saturated heterocycles. The fraction of sp³-hybridized carbons (Fsp3) is 0.462. The Morgan fingerprint density at radius 3 is 1.06 bits per heavy atom. The highest BCUT2D eigenvalue weighted by molar-refractivity contribution is 5.97. The zero-order valence-electron chi connectivity index (χ0n) is 19.1. The van der Waals surface area contributed by atoms with Crippen LogP contribution in [0, 0.1) is 0 Å². The standard InChI is InChI=1S/C26H38N4.2ClH/c27-25(23-17-11-9-12-18-23)29-21-15-7-5-3-1-2-4-6-8-16-22-30-26(28)24-19-13-10-14-20-24;;/h9-14,17-20H,1-8,15-16,21-22H2,(H2,27,29)(H2,28,30);2*1H. The maximum Gasteiger partial charge on any atom is 0.125 e. The maximum atomic E-state index is 6.01. The molecule has 2 rings (SSSR count). The number of amidine groups is 2. The molecule has 0 atom stereocenters. The highest BCUT2D eigenvalue weighted by Gasteiger charge is 1.97. The van der Waals surface area contributed by atoms with Gasteiger partial charge in [-0.2, -0.15) is 0 Å². The second-order valence-electron chi connectivity index (χ2n) is 7.80. The number of nitrogens with two attached hydrogens (primary N) is 2. The molecule has 4 N–H and O–H groups in total. The van der Waals surface area contributed by atoms with Crippen molar-refractivity contribution in [1.29, 1.82) is 0 Å². The second kappa shape index (κ2) is 19.6. The van der Waals surface area contributed by atoms with Crippen molar-refractivity contribution in [3.63, 3.8) is 0 Å². The maximum absolute atomic E-state index is 6.01. The van der Waals surface area contributed by atoms with Gasteiger partial charge in [-0.1, -0.05) is 112 Å². The summed E-state index contributed by atoms with van der Waals surface area (Å²) in [5, 5.41) is 0. The molecule has 0 saturated carbocycles. The summed E-state index contributed by atoms with van der Waals surface area (Å²) in [6.07, 6.45) is 12.7. The van der Waals surface area contributed by atoms with E-state index in [4.69, 9.17) is 11.5 Å². The SMILES string of the molecule is Cl.Cl.NC(=NCCCCCCCCCCCCN=C(N)c1ccccc1)c1ccccc1. The van der Waals surface area contributed by atoms with E-state index >= 15 is 0 Å². The van der Waals surface area contributed by atoms with E-state index in [0.29, 0.717) is 11.7 Å². The van der Waals surface area contributed by atoms with Gasteiger partial charge in [-0.25, -0.2) is 0 Å². The van der Waals surface area contributed by atoms with E-state index in [1.807, 2.05) is 60.7 Å². The molecular weight excluding hydrogens is 439 g/mol. The van der Waals surface area contributed by atoms with Crippen LogP contribution in [0.25, 0.3) is 0 Å². The van der Waals surface area contributed by atoms with Gasteiger partial charge in [-0.05, 0) is 12.8 Å². The van der Waals surface area contributed by atoms with Crippen LogP contribution >= 0.6 is 24.8 Å². The van der Waals surface area contributed by atoms with Crippen molar-refractivity contribution in [3.8, 4) is 0 Å². The highest BCUT2D eigenvalue weighted by Crippen LogP contribution is 2.11. The molecule has 0 radical (unpaired) electrons. The van der Waals surface area contributed by atoms with Crippen molar-refractivity contribution in [1.82, 2.24) is 0 Å². The minimum atomic E-state index is 0. The highest BCUT2D eigenvalue weighted by atomic mass is 35.5. The predicted molar refractivity (Wildman–Crippen MR) is 145 cm³/mol. The van der Waals surface area contributed by atoms with Gasteiger partial charge >= 0.3 is 0 Å². The predicted octanol–water partition coefficient (Wildman–Crippen LogP) is 6.54. The molecule has 0 bridgehead atoms. The monoisotopic (exact) mass is 478 g/mol. The van der Waals surface area contributed by atoms with Gasteiger partial charge in [0.05, 0.1) is 0 Å². The van der Waals surface area contributed by atoms with Gasteiger partial charge in [0.2, 0.25) is 0 Å². The number of rotatable bonds is 15. The Morgan fingerprint density at radius 1 is 0.469 bits per heavy atom. The third-order valence-corrected chi connectivity index (χ3v) is 5.27. The number of unbranched alkanes of at least 4 members (excludes halogenated alkanes) is 9. The Balaban J connectivity index is 0.00000480. The van der Waals surface area contributed by atoms with Crippen LogP contribution in [-0.4, -0.2) is 24.8 Å². The van der Waals surface area contributed by atoms with Crippen molar-refractivity contribution < 1.29 is 0 Å². The zero-order valence-corrected chi connectivity index (χ0v) is 20.8. The van der Waals surface area contributed by atoms with Crippen molar-refractivity contribution >= 4 is 36.5 Å². The van der Waals surface area contributed by atoms with E-state index in [2.05, 4.69) is 9.98 Å². The molecule has 0 aliphatic heterocycles. The van der Waals surface area contributed by atoms with Crippen LogP contribution in [0.15, 0.2) is 70.6 Å². The molecule has 0 unspecified atom stereocenters. The van der Waals surface area contributed by atoms with Gasteiger partial charge in [-0.3, -0.25) is 9.98 Å². The lowest BCUT2D eigenvalue weighted by Gasteiger charge is -2.03. The summed E-state index contributed by atoms with van der Waals surface area (Å²) < 4.78 is 0. The topological polar surface area (TPSA) is 76.8 Å². The van der Waals surface area contributed by atoms with Crippen LogP contribution in [0.3, 0.4) is 0 Å². The van der Waals surface area contributed by atoms with Crippen LogP contribution in [0.4, 0.5) is 0 Å². The van der Waals surface area contributed by atoms with E-state index in [0.717, 1.165) is 37.1 Å². The molecular formula is C26H40Cl2N4. The van der Waals surface area contributed by atoms with E-state index in [-0.39, 0.29) is 24.8 Å². The largest absolute Gasteiger partial charge is 0.384 e. The van der Waals surface area contributed by atoms with E-state index < -0.39 is 0 Å². The smallest absolute Gasteiger partial charge is 0.125 e. The lowest BCUT2D eigenvalue weighted by molar-refractivity contribution is 0.554. The van der Waals surface area contributed by atoms with E-state index in [9.17, 15) is 0 Å². The first-order chi connectivity index (χ1) is 14.8. The van der Waals surface area contributed by atoms with Crippen molar-refractivity contribution in [2.75, 3.05) is 13.1 Å². The van der Waals surface area contributed by atoms with Crippen LogP contribution in [0.5, 0.6) is 0 Å². The summed E-state index contributed by atoms with van der Waals surface area (Å²) in [5.41, 5.74) is 14.1. The van der Waals surface area contributed by atoms with E-state index in [1.54, 1.807) is 0 Å². The summed E-state index contributed by atoms with van der Waals surface area (Å²) in [7, 11) is 0. The number of nitrogens with zero attached hydrogens (tertiary/aromatic N) is 2. The molecule has 178 valence electrons. The number of hydrogen-bond donors (Lipinski definition) is 2. The molecule has 2 aromatic rings. The van der Waals surface area contributed by atoms with Gasteiger partial charge in [0.25, 0.3) is 0 Å². The van der Waals surface area contributed by atoms with Crippen molar-refractivity contribution in [3.05, 3.63) is 71.8 Å². The zero-order chi connectivity index (χ0) is 21.3. The molecule has 0 aromatic heterocycles. The molecule has 2 aromatic carbocycles. The minimum Gasteiger partial charge on any atom is -0.384 e. The lowest BCUT2D eigenvalue weighted by Crippen LogP contribution is -2.13. The number of aliphatic imine (C=N–C) groups is 2. The van der Waals surface area contributed by atoms with Crippen LogP contribution < -0.4 is 11.5 Å². The first kappa shape index (κ1) is 30.0. The Labute approximate surface area is 206 Å². The second-order valence-corrected chi connectivity index (χ2v) is 7.80. The van der Waals surface area contributed by atoms with Crippen LogP contribution in [0.2, 0.25) is 0 Å². The summed E-state index contributed by atoms with van der Waals surface area (Å²) >= 11 is 0. The molecule has 32 heavy (non-hydrogen) atoms. The van der Waals surface area contributed by atoms with Crippen molar-refractivity contribution in [2.45, 2.75) is 64.2 Å². The number of halogens is 2. The van der Waals surface area contributed by atoms with Gasteiger partial charge < -0.3 is 11.5 Å². The molecule has 0 aliphatic rings. The Kier molecular flexibility index (Phi) is 18.4. The summed E-state index contributed by atoms with van der Waals surface area (Å²) in [4.78, 5) is 8.97. The quantitative estimate of drug-likeness (QED) is 0.173. The van der Waals surface area contributed by atoms with Crippen LogP contribution in [0.1, 0.15) is 75.3 Å². The molecule has 6 heteroatoms. The molecule has 0 spiro atoms. The molecule has 0 amide bonds. The Hall–Kier alpha value is -2.04. The molecule has 0 aliphatic carbocycles. The molecule has 0 fully saturated rings. The molecule has 4 nitrogen and oxygen atoms in total. The molecule has 0 heterocycles. The third-order valence-electron chi connectivity index (χ3n) is 5.27. The summed E-state index contributed by atoms with van der Waals surface area (Å²) in [6, 6.07) is 20.0. The van der Waals surface area contributed by atoms with Gasteiger partial charge in [0.15, 0.2) is 0 Å². The third kappa shape index (κ3) is 13.4.